The molecule has 116 valence electrons. The molecule has 1 amide bonds. The zero-order valence-electron chi connectivity index (χ0n) is 13.7. The maximum absolute atomic E-state index is 12.5. The molecule has 2 aliphatic rings. The van der Waals surface area contributed by atoms with E-state index >= 15 is 0 Å². The van der Waals surface area contributed by atoms with Gasteiger partial charge in [0.1, 0.15) is 0 Å². The van der Waals surface area contributed by atoms with Gasteiger partial charge in [0.05, 0.1) is 0 Å². The Labute approximate surface area is 124 Å². The lowest BCUT2D eigenvalue weighted by molar-refractivity contribution is -0.130. The van der Waals surface area contributed by atoms with Crippen molar-refractivity contribution in [3.05, 3.63) is 0 Å². The van der Waals surface area contributed by atoms with Crippen LogP contribution in [0, 0.1) is 16.7 Å². The zero-order valence-corrected chi connectivity index (χ0v) is 13.7. The SMILES string of the molecule is CC1(C)CCCNC1CNC(=O)C1CCCCC1(C)C. The fourth-order valence-electron chi connectivity index (χ4n) is 3.93. The van der Waals surface area contributed by atoms with E-state index in [-0.39, 0.29) is 22.7 Å². The van der Waals surface area contributed by atoms with E-state index in [2.05, 4.69) is 38.3 Å². The topological polar surface area (TPSA) is 41.1 Å². The Hall–Kier alpha value is -0.570. The third-order valence-electron chi connectivity index (χ3n) is 5.64. The lowest BCUT2D eigenvalue weighted by Crippen LogP contribution is -2.54. The molecule has 0 aromatic heterocycles. The minimum atomic E-state index is 0.165. The monoisotopic (exact) mass is 280 g/mol. The number of carbonyl (C=O) groups is 1. The van der Waals surface area contributed by atoms with Crippen LogP contribution in [0.15, 0.2) is 0 Å². The Morgan fingerprint density at radius 1 is 1.10 bits per heavy atom. The first-order chi connectivity index (χ1) is 9.33. The second kappa shape index (κ2) is 6.05. The van der Waals surface area contributed by atoms with Gasteiger partial charge in [0, 0.05) is 18.5 Å². The van der Waals surface area contributed by atoms with Gasteiger partial charge >= 0.3 is 0 Å². The summed E-state index contributed by atoms with van der Waals surface area (Å²) in [5.74, 6) is 0.473. The molecule has 2 unspecified atom stereocenters. The summed E-state index contributed by atoms with van der Waals surface area (Å²) in [6, 6.07) is 0.409. The van der Waals surface area contributed by atoms with Crippen molar-refractivity contribution in [2.75, 3.05) is 13.1 Å². The van der Waals surface area contributed by atoms with E-state index in [4.69, 9.17) is 0 Å². The maximum atomic E-state index is 12.5. The number of amides is 1. The minimum Gasteiger partial charge on any atom is -0.354 e. The molecule has 0 aromatic rings. The molecule has 2 atom stereocenters. The molecule has 1 aliphatic carbocycles. The van der Waals surface area contributed by atoms with Crippen molar-refractivity contribution < 1.29 is 4.79 Å². The zero-order chi connectivity index (χ0) is 14.8. The highest BCUT2D eigenvalue weighted by atomic mass is 16.1. The highest BCUT2D eigenvalue weighted by Crippen LogP contribution is 2.40. The van der Waals surface area contributed by atoms with Gasteiger partial charge in [-0.25, -0.2) is 0 Å². The summed E-state index contributed by atoms with van der Waals surface area (Å²) >= 11 is 0. The highest BCUT2D eigenvalue weighted by Gasteiger charge is 2.38. The summed E-state index contributed by atoms with van der Waals surface area (Å²) in [4.78, 5) is 12.5. The van der Waals surface area contributed by atoms with Crippen molar-refractivity contribution >= 4 is 5.91 Å². The molecule has 0 radical (unpaired) electrons. The van der Waals surface area contributed by atoms with Crippen molar-refractivity contribution in [1.29, 1.82) is 0 Å². The molecule has 2 fully saturated rings. The Morgan fingerprint density at radius 2 is 1.80 bits per heavy atom. The Balaban J connectivity index is 1.88. The average molecular weight is 280 g/mol. The van der Waals surface area contributed by atoms with Crippen LogP contribution >= 0.6 is 0 Å². The van der Waals surface area contributed by atoms with Gasteiger partial charge in [0.15, 0.2) is 0 Å². The molecular weight excluding hydrogens is 248 g/mol. The van der Waals surface area contributed by atoms with Gasteiger partial charge < -0.3 is 10.6 Å². The molecular formula is C17H32N2O. The summed E-state index contributed by atoms with van der Waals surface area (Å²) in [7, 11) is 0. The predicted molar refractivity (Wildman–Crippen MR) is 83.6 cm³/mol. The summed E-state index contributed by atoms with van der Waals surface area (Å²) in [6.07, 6.45) is 7.20. The van der Waals surface area contributed by atoms with Crippen LogP contribution < -0.4 is 10.6 Å². The van der Waals surface area contributed by atoms with Gasteiger partial charge in [0.25, 0.3) is 0 Å². The van der Waals surface area contributed by atoms with Crippen LogP contribution in [0.2, 0.25) is 0 Å². The van der Waals surface area contributed by atoms with Gasteiger partial charge in [-0.1, -0.05) is 40.5 Å². The first-order valence-corrected chi connectivity index (χ1v) is 8.34. The fourth-order valence-corrected chi connectivity index (χ4v) is 3.93. The molecule has 1 heterocycles. The lowest BCUT2D eigenvalue weighted by atomic mass is 9.68. The number of piperidine rings is 1. The lowest BCUT2D eigenvalue weighted by Gasteiger charge is -2.41. The van der Waals surface area contributed by atoms with E-state index in [9.17, 15) is 4.79 Å². The van der Waals surface area contributed by atoms with Gasteiger partial charge in [0.2, 0.25) is 5.91 Å². The van der Waals surface area contributed by atoms with Crippen LogP contribution in [0.1, 0.15) is 66.2 Å². The van der Waals surface area contributed by atoms with Crippen LogP contribution in [0.4, 0.5) is 0 Å². The van der Waals surface area contributed by atoms with E-state index in [1.807, 2.05) is 0 Å². The third kappa shape index (κ3) is 3.55. The molecule has 0 spiro atoms. The Kier molecular flexibility index (Phi) is 4.78. The molecule has 2 rings (SSSR count). The summed E-state index contributed by atoms with van der Waals surface area (Å²) in [5, 5.41) is 6.81. The molecule has 1 aliphatic heterocycles. The number of carbonyl (C=O) groups excluding carboxylic acids is 1. The second-order valence-corrected chi connectivity index (χ2v) is 8.13. The van der Waals surface area contributed by atoms with Crippen molar-refractivity contribution in [1.82, 2.24) is 10.6 Å². The third-order valence-corrected chi connectivity index (χ3v) is 5.64. The number of nitrogens with one attached hydrogen (secondary N) is 2. The highest BCUT2D eigenvalue weighted by molar-refractivity contribution is 5.79. The summed E-state index contributed by atoms with van der Waals surface area (Å²) in [6.45, 7) is 11.0. The minimum absolute atomic E-state index is 0.165. The summed E-state index contributed by atoms with van der Waals surface area (Å²) in [5.41, 5.74) is 0.450. The first-order valence-electron chi connectivity index (χ1n) is 8.34. The molecule has 3 heteroatoms. The van der Waals surface area contributed by atoms with Crippen molar-refractivity contribution in [3.63, 3.8) is 0 Å². The van der Waals surface area contributed by atoms with Crippen molar-refractivity contribution in [2.45, 2.75) is 72.3 Å². The fraction of sp³-hybridized carbons (Fsp3) is 0.941. The number of rotatable bonds is 3. The maximum Gasteiger partial charge on any atom is 0.223 e. The van der Waals surface area contributed by atoms with E-state index < -0.39 is 0 Å². The van der Waals surface area contributed by atoms with Crippen LogP contribution in [-0.2, 0) is 4.79 Å². The molecule has 3 nitrogen and oxygen atoms in total. The molecule has 2 N–H and O–H groups in total. The Morgan fingerprint density at radius 3 is 2.45 bits per heavy atom. The Bertz CT molecular complexity index is 349. The van der Waals surface area contributed by atoms with E-state index in [1.165, 1.54) is 32.1 Å². The molecule has 0 bridgehead atoms. The predicted octanol–water partition coefficient (Wildman–Crippen LogP) is 3.10. The van der Waals surface area contributed by atoms with Crippen LogP contribution in [0.3, 0.4) is 0 Å². The van der Waals surface area contributed by atoms with Gasteiger partial charge in [-0.3, -0.25) is 4.79 Å². The number of hydrogen-bond donors (Lipinski definition) is 2. The average Bonchev–Trinajstić information content (AvgIpc) is 2.36. The van der Waals surface area contributed by atoms with E-state index in [1.54, 1.807) is 0 Å². The molecule has 1 saturated heterocycles. The smallest absolute Gasteiger partial charge is 0.223 e. The number of hydrogen-bond acceptors (Lipinski definition) is 2. The molecule has 20 heavy (non-hydrogen) atoms. The molecule has 1 saturated carbocycles. The van der Waals surface area contributed by atoms with Crippen molar-refractivity contribution in [3.8, 4) is 0 Å². The van der Waals surface area contributed by atoms with Crippen molar-refractivity contribution in [2.24, 2.45) is 16.7 Å². The normalized spacial score (nSPS) is 32.6. The van der Waals surface area contributed by atoms with E-state index in [0.717, 1.165) is 19.5 Å². The standard InChI is InChI=1S/C17H32N2O/c1-16(2)9-6-5-8-13(16)15(20)19-12-14-17(3,4)10-7-11-18-14/h13-14,18H,5-12H2,1-4H3,(H,19,20). The van der Waals surface area contributed by atoms with Gasteiger partial charge in [-0.05, 0) is 43.1 Å². The van der Waals surface area contributed by atoms with Crippen LogP contribution in [-0.4, -0.2) is 25.0 Å². The first kappa shape index (κ1) is 15.8. The van der Waals surface area contributed by atoms with E-state index in [0.29, 0.717) is 6.04 Å². The van der Waals surface area contributed by atoms with Crippen LogP contribution in [0.5, 0.6) is 0 Å². The second-order valence-electron chi connectivity index (χ2n) is 8.13. The molecule has 0 aromatic carbocycles. The van der Waals surface area contributed by atoms with Gasteiger partial charge in [-0.15, -0.1) is 0 Å². The van der Waals surface area contributed by atoms with Gasteiger partial charge in [-0.2, -0.15) is 0 Å². The quantitative estimate of drug-likeness (QED) is 0.834. The summed E-state index contributed by atoms with van der Waals surface area (Å²) < 4.78 is 0. The van der Waals surface area contributed by atoms with Crippen LogP contribution in [0.25, 0.3) is 0 Å². The largest absolute Gasteiger partial charge is 0.354 e.